The summed E-state index contributed by atoms with van der Waals surface area (Å²) in [5, 5.41) is 3.79. The molecular formula is C17H25N3OS2. The molecule has 3 N–H and O–H groups in total. The van der Waals surface area contributed by atoms with Crippen molar-refractivity contribution in [3.63, 3.8) is 0 Å². The second kappa shape index (κ2) is 8.45. The molecule has 0 aliphatic heterocycles. The van der Waals surface area contributed by atoms with Crippen LogP contribution in [0.1, 0.15) is 42.9 Å². The lowest BCUT2D eigenvalue weighted by atomic mass is 9.78. The Balaban J connectivity index is 1.73. The van der Waals surface area contributed by atoms with Gasteiger partial charge in [0, 0.05) is 21.9 Å². The summed E-state index contributed by atoms with van der Waals surface area (Å²) in [4.78, 5) is 14.1. The molecule has 126 valence electrons. The predicted octanol–water partition coefficient (Wildman–Crippen LogP) is 3.39. The van der Waals surface area contributed by atoms with Crippen LogP contribution >= 0.6 is 23.6 Å². The molecule has 0 bridgehead atoms. The number of hydrogen-bond acceptors (Lipinski definition) is 3. The molecule has 1 aromatic heterocycles. The molecular weight excluding hydrogens is 326 g/mol. The highest BCUT2D eigenvalue weighted by Gasteiger charge is 2.27. The van der Waals surface area contributed by atoms with E-state index in [1.807, 2.05) is 19.1 Å². The number of carbonyl (C=O) groups excluding carboxylic acids is 1. The number of rotatable bonds is 3. The number of carbonyl (C=O) groups is 1. The number of aryl methyl sites for hydroxylation is 1. The molecule has 1 saturated carbocycles. The van der Waals surface area contributed by atoms with Gasteiger partial charge < -0.3 is 5.32 Å². The van der Waals surface area contributed by atoms with Crippen LogP contribution in [-0.2, 0) is 4.79 Å². The second-order valence-corrected chi connectivity index (χ2v) is 7.97. The van der Waals surface area contributed by atoms with Gasteiger partial charge in [-0.05, 0) is 55.6 Å². The van der Waals surface area contributed by atoms with Crippen LogP contribution in [-0.4, -0.2) is 17.1 Å². The molecule has 3 atom stereocenters. The first-order chi connectivity index (χ1) is 11.0. The number of thiocarbonyl (C=S) groups is 1. The molecule has 23 heavy (non-hydrogen) atoms. The Kier molecular flexibility index (Phi) is 6.59. The fourth-order valence-electron chi connectivity index (χ4n) is 2.85. The number of nitrogens with one attached hydrogen (secondary N) is 3. The van der Waals surface area contributed by atoms with Gasteiger partial charge in [0.15, 0.2) is 5.11 Å². The summed E-state index contributed by atoms with van der Waals surface area (Å²) in [5.41, 5.74) is 5.38. The smallest absolute Gasteiger partial charge is 0.262 e. The zero-order valence-electron chi connectivity index (χ0n) is 13.9. The summed E-state index contributed by atoms with van der Waals surface area (Å²) in [6, 6.07) is 4.40. The van der Waals surface area contributed by atoms with Gasteiger partial charge >= 0.3 is 0 Å². The van der Waals surface area contributed by atoms with Gasteiger partial charge in [0.25, 0.3) is 5.91 Å². The number of hydrogen-bond donors (Lipinski definition) is 3. The predicted molar refractivity (Wildman–Crippen MR) is 101 cm³/mol. The molecule has 1 aliphatic rings. The SMILES string of the molecule is Cc1ccc(/C=C/C(=O)NNC(=S)N[C@@H]2CCC[C@H](C)[C@@H]2C)s1. The number of thiophene rings is 1. The highest BCUT2D eigenvalue weighted by atomic mass is 32.1. The summed E-state index contributed by atoms with van der Waals surface area (Å²) in [7, 11) is 0. The molecule has 0 saturated heterocycles. The van der Waals surface area contributed by atoms with E-state index in [4.69, 9.17) is 12.2 Å². The van der Waals surface area contributed by atoms with Crippen LogP contribution in [0.3, 0.4) is 0 Å². The third-order valence-electron chi connectivity index (χ3n) is 4.48. The second-order valence-electron chi connectivity index (χ2n) is 6.24. The molecule has 0 unspecified atom stereocenters. The standard InChI is InChI=1S/C17H25N3OS2/c1-11-5-4-6-15(13(11)3)18-17(22)20-19-16(21)10-9-14-8-7-12(2)23-14/h7-11,13,15H,4-6H2,1-3H3,(H,19,21)(H2,18,20,22)/b10-9+/t11-,13-,15+/m0/s1. The van der Waals surface area contributed by atoms with Gasteiger partial charge in [0.2, 0.25) is 0 Å². The first kappa shape index (κ1) is 17.9. The third-order valence-corrected chi connectivity index (χ3v) is 5.67. The first-order valence-corrected chi connectivity index (χ1v) is 9.29. The molecule has 4 nitrogen and oxygen atoms in total. The lowest BCUT2D eigenvalue weighted by Gasteiger charge is -2.35. The Morgan fingerprint density at radius 2 is 2.09 bits per heavy atom. The van der Waals surface area contributed by atoms with Crippen LogP contribution < -0.4 is 16.2 Å². The molecule has 1 amide bonds. The Morgan fingerprint density at radius 1 is 1.30 bits per heavy atom. The van der Waals surface area contributed by atoms with E-state index >= 15 is 0 Å². The van der Waals surface area contributed by atoms with Gasteiger partial charge in [-0.2, -0.15) is 0 Å². The molecule has 1 aromatic rings. The lowest BCUT2D eigenvalue weighted by Crippen LogP contribution is -2.52. The average Bonchev–Trinajstić information content (AvgIpc) is 2.93. The van der Waals surface area contributed by atoms with E-state index in [1.165, 1.54) is 23.8 Å². The van der Waals surface area contributed by atoms with Crippen molar-refractivity contribution in [2.75, 3.05) is 0 Å². The van der Waals surface area contributed by atoms with Gasteiger partial charge in [0.05, 0.1) is 0 Å². The summed E-state index contributed by atoms with van der Waals surface area (Å²) in [6.07, 6.45) is 6.94. The summed E-state index contributed by atoms with van der Waals surface area (Å²) in [6.45, 7) is 6.59. The summed E-state index contributed by atoms with van der Waals surface area (Å²) >= 11 is 6.92. The topological polar surface area (TPSA) is 53.2 Å². The summed E-state index contributed by atoms with van der Waals surface area (Å²) < 4.78 is 0. The Morgan fingerprint density at radius 3 is 2.78 bits per heavy atom. The van der Waals surface area contributed by atoms with E-state index in [0.717, 1.165) is 11.3 Å². The van der Waals surface area contributed by atoms with Crippen molar-refractivity contribution in [1.29, 1.82) is 0 Å². The molecule has 2 rings (SSSR count). The van der Waals surface area contributed by atoms with Gasteiger partial charge in [0.1, 0.15) is 0 Å². The zero-order valence-corrected chi connectivity index (χ0v) is 15.5. The molecule has 0 radical (unpaired) electrons. The van der Waals surface area contributed by atoms with Crippen molar-refractivity contribution in [1.82, 2.24) is 16.2 Å². The van der Waals surface area contributed by atoms with Crippen molar-refractivity contribution in [3.8, 4) is 0 Å². The van der Waals surface area contributed by atoms with Gasteiger partial charge in [-0.15, -0.1) is 11.3 Å². The van der Waals surface area contributed by atoms with Gasteiger partial charge in [-0.1, -0.05) is 26.7 Å². The quantitative estimate of drug-likeness (QED) is 0.444. The maximum Gasteiger partial charge on any atom is 0.262 e. The van der Waals surface area contributed by atoms with E-state index < -0.39 is 0 Å². The molecule has 1 heterocycles. The van der Waals surface area contributed by atoms with Crippen molar-refractivity contribution >= 4 is 40.7 Å². The third kappa shape index (κ3) is 5.62. The Labute approximate surface area is 147 Å². The molecule has 1 aliphatic carbocycles. The van der Waals surface area contributed by atoms with Crippen LogP contribution in [0, 0.1) is 18.8 Å². The molecule has 0 spiro atoms. The minimum atomic E-state index is -0.217. The fourth-order valence-corrected chi connectivity index (χ4v) is 3.83. The number of hydrazine groups is 1. The largest absolute Gasteiger partial charge is 0.358 e. The monoisotopic (exact) mass is 351 g/mol. The van der Waals surface area contributed by atoms with Crippen LogP contribution in [0.15, 0.2) is 18.2 Å². The lowest BCUT2D eigenvalue weighted by molar-refractivity contribution is -0.116. The normalized spacial score (nSPS) is 24.4. The molecule has 1 fully saturated rings. The summed E-state index contributed by atoms with van der Waals surface area (Å²) in [5.74, 6) is 1.07. The zero-order chi connectivity index (χ0) is 16.8. The van der Waals surface area contributed by atoms with Crippen molar-refractivity contribution in [2.24, 2.45) is 11.8 Å². The van der Waals surface area contributed by atoms with Crippen LogP contribution in [0.5, 0.6) is 0 Å². The highest BCUT2D eigenvalue weighted by molar-refractivity contribution is 7.80. The minimum absolute atomic E-state index is 0.217. The van der Waals surface area contributed by atoms with E-state index in [9.17, 15) is 4.79 Å². The van der Waals surface area contributed by atoms with E-state index in [-0.39, 0.29) is 5.91 Å². The van der Waals surface area contributed by atoms with Gasteiger partial charge in [-0.25, -0.2) is 0 Å². The fraction of sp³-hybridized carbons (Fsp3) is 0.529. The van der Waals surface area contributed by atoms with E-state index in [2.05, 4.69) is 30.0 Å². The van der Waals surface area contributed by atoms with E-state index in [0.29, 0.717) is 23.0 Å². The number of amides is 1. The first-order valence-electron chi connectivity index (χ1n) is 8.06. The molecule has 0 aromatic carbocycles. The van der Waals surface area contributed by atoms with E-state index in [1.54, 1.807) is 17.4 Å². The molecule has 6 heteroatoms. The van der Waals surface area contributed by atoms with Crippen molar-refractivity contribution < 1.29 is 4.79 Å². The maximum atomic E-state index is 11.8. The van der Waals surface area contributed by atoms with Crippen LogP contribution in [0.4, 0.5) is 0 Å². The highest BCUT2D eigenvalue weighted by Crippen LogP contribution is 2.29. The van der Waals surface area contributed by atoms with Crippen molar-refractivity contribution in [3.05, 3.63) is 28.0 Å². The Bertz CT molecular complexity index is 582. The van der Waals surface area contributed by atoms with Crippen LogP contribution in [0.25, 0.3) is 6.08 Å². The van der Waals surface area contributed by atoms with Crippen molar-refractivity contribution in [2.45, 2.75) is 46.1 Å². The Hall–Kier alpha value is -1.40. The minimum Gasteiger partial charge on any atom is -0.358 e. The average molecular weight is 352 g/mol. The maximum absolute atomic E-state index is 11.8. The van der Waals surface area contributed by atoms with Crippen LogP contribution in [0.2, 0.25) is 0 Å². The van der Waals surface area contributed by atoms with Gasteiger partial charge in [-0.3, -0.25) is 15.6 Å².